The number of nitrogens with one attached hydrogen (secondary N) is 1. The van der Waals surface area contributed by atoms with Crippen molar-refractivity contribution in [2.24, 2.45) is 0 Å². The van der Waals surface area contributed by atoms with Crippen molar-refractivity contribution in [2.45, 2.75) is 6.10 Å². The smallest absolute Gasteiger partial charge is 0.149 e. The molecule has 0 unspecified atom stereocenters. The molecule has 1 heterocycles. The molecule has 104 valence electrons. The lowest BCUT2D eigenvalue weighted by Crippen LogP contribution is -2.23. The van der Waals surface area contributed by atoms with Crippen LogP contribution in [0.1, 0.15) is 5.56 Å². The van der Waals surface area contributed by atoms with Crippen LogP contribution in [0.15, 0.2) is 18.3 Å². The van der Waals surface area contributed by atoms with E-state index >= 15 is 0 Å². The summed E-state index contributed by atoms with van der Waals surface area (Å²) >= 11 is 6.04. The Morgan fingerprint density at radius 3 is 2.90 bits per heavy atom. The third-order valence-corrected chi connectivity index (χ3v) is 3.08. The fourth-order valence-corrected chi connectivity index (χ4v) is 2.03. The molecule has 7 heteroatoms. The molecule has 1 aromatic heterocycles. The summed E-state index contributed by atoms with van der Waals surface area (Å²) in [5, 5.41) is 30.6. The molecule has 0 fully saturated rings. The zero-order valence-corrected chi connectivity index (χ0v) is 11.0. The maximum atomic E-state index is 13.7. The number of aliphatic hydroxyl groups excluding tert-OH is 2. The van der Waals surface area contributed by atoms with E-state index in [2.05, 4.69) is 10.3 Å². The molecule has 5 nitrogen and oxygen atoms in total. The summed E-state index contributed by atoms with van der Waals surface area (Å²) in [5.41, 5.74) is 0.502. The van der Waals surface area contributed by atoms with Gasteiger partial charge in [0.15, 0.2) is 0 Å². The van der Waals surface area contributed by atoms with Gasteiger partial charge < -0.3 is 15.5 Å². The highest BCUT2D eigenvalue weighted by Crippen LogP contribution is 2.33. The number of fused-ring (bicyclic) bond motifs is 1. The molecular weight excluding hydrogens is 285 g/mol. The summed E-state index contributed by atoms with van der Waals surface area (Å²) in [7, 11) is 0. The van der Waals surface area contributed by atoms with Crippen LogP contribution >= 0.6 is 11.6 Å². The van der Waals surface area contributed by atoms with Crippen molar-refractivity contribution in [3.8, 4) is 6.07 Å². The minimum absolute atomic E-state index is 0.00284. The van der Waals surface area contributed by atoms with Gasteiger partial charge >= 0.3 is 0 Å². The molecule has 0 aliphatic carbocycles. The summed E-state index contributed by atoms with van der Waals surface area (Å²) < 4.78 is 13.7. The third-order valence-electron chi connectivity index (χ3n) is 2.77. The van der Waals surface area contributed by atoms with Gasteiger partial charge in [-0.05, 0) is 12.1 Å². The lowest BCUT2D eigenvalue weighted by atomic mass is 10.1. The minimum atomic E-state index is -1.00. The highest BCUT2D eigenvalue weighted by Gasteiger charge is 2.15. The average Bonchev–Trinajstić information content (AvgIpc) is 2.47. The molecule has 3 N–H and O–H groups in total. The minimum Gasteiger partial charge on any atom is -0.394 e. The Labute approximate surface area is 119 Å². The van der Waals surface area contributed by atoms with E-state index in [-0.39, 0.29) is 33.7 Å². The number of nitrogens with zero attached hydrogens (tertiary/aromatic N) is 2. The first-order chi connectivity index (χ1) is 9.58. The van der Waals surface area contributed by atoms with Crippen LogP contribution in [0.4, 0.5) is 10.1 Å². The Bertz CT molecular complexity index is 687. The maximum absolute atomic E-state index is 13.7. The van der Waals surface area contributed by atoms with Crippen molar-refractivity contribution < 1.29 is 14.6 Å². The van der Waals surface area contributed by atoms with Gasteiger partial charge in [-0.1, -0.05) is 11.6 Å². The molecule has 1 aromatic carbocycles. The zero-order chi connectivity index (χ0) is 14.7. The molecule has 2 aromatic rings. The van der Waals surface area contributed by atoms with Gasteiger partial charge in [0.05, 0.1) is 29.0 Å². The Balaban J connectivity index is 2.60. The monoisotopic (exact) mass is 295 g/mol. The lowest BCUT2D eigenvalue weighted by Gasteiger charge is -2.14. The van der Waals surface area contributed by atoms with E-state index in [9.17, 15) is 9.50 Å². The molecular formula is C13H11ClFN3O2. The number of hydrogen-bond acceptors (Lipinski definition) is 5. The molecule has 0 aliphatic rings. The molecule has 2 rings (SSSR count). The van der Waals surface area contributed by atoms with Crippen LogP contribution < -0.4 is 5.32 Å². The molecule has 0 radical (unpaired) electrons. The predicted molar refractivity (Wildman–Crippen MR) is 73.0 cm³/mol. The highest BCUT2D eigenvalue weighted by molar-refractivity contribution is 6.36. The van der Waals surface area contributed by atoms with Crippen LogP contribution in [0.25, 0.3) is 10.9 Å². The SMILES string of the molecule is N#Cc1cnc2c(F)ccc(Cl)c2c1NC[C@H](O)CO. The Morgan fingerprint density at radius 2 is 2.25 bits per heavy atom. The van der Waals surface area contributed by atoms with Crippen molar-refractivity contribution in [1.82, 2.24) is 4.98 Å². The normalized spacial score (nSPS) is 12.2. The lowest BCUT2D eigenvalue weighted by molar-refractivity contribution is 0.105. The topological polar surface area (TPSA) is 89.2 Å². The maximum Gasteiger partial charge on any atom is 0.149 e. The summed E-state index contributed by atoms with van der Waals surface area (Å²) in [5.74, 6) is -0.556. The number of aromatic nitrogens is 1. The molecule has 20 heavy (non-hydrogen) atoms. The van der Waals surface area contributed by atoms with Gasteiger partial charge in [-0.2, -0.15) is 5.26 Å². The second-order valence-electron chi connectivity index (χ2n) is 4.13. The van der Waals surface area contributed by atoms with E-state index in [4.69, 9.17) is 22.0 Å². The molecule has 0 amide bonds. The van der Waals surface area contributed by atoms with Crippen molar-refractivity contribution >= 4 is 28.2 Å². The summed E-state index contributed by atoms with van der Waals surface area (Å²) in [6, 6.07) is 4.49. The summed E-state index contributed by atoms with van der Waals surface area (Å²) in [6.07, 6.45) is 0.229. The summed E-state index contributed by atoms with van der Waals surface area (Å²) in [4.78, 5) is 3.89. The van der Waals surface area contributed by atoms with Crippen LogP contribution in [0.2, 0.25) is 5.02 Å². The number of pyridine rings is 1. The molecule has 0 aliphatic heterocycles. The number of benzene rings is 1. The Hall–Kier alpha value is -1.94. The van der Waals surface area contributed by atoms with Crippen LogP contribution in [0.5, 0.6) is 0 Å². The quantitative estimate of drug-likeness (QED) is 0.798. The van der Waals surface area contributed by atoms with Gasteiger partial charge in [-0.3, -0.25) is 4.98 Å². The van der Waals surface area contributed by atoms with Crippen molar-refractivity contribution in [3.05, 3.63) is 34.7 Å². The van der Waals surface area contributed by atoms with Crippen molar-refractivity contribution in [3.63, 3.8) is 0 Å². The number of nitriles is 1. The second-order valence-corrected chi connectivity index (χ2v) is 4.54. The first-order valence-electron chi connectivity index (χ1n) is 5.78. The van der Waals surface area contributed by atoms with E-state index < -0.39 is 18.5 Å². The van der Waals surface area contributed by atoms with E-state index in [1.165, 1.54) is 18.3 Å². The van der Waals surface area contributed by atoms with Gasteiger partial charge in [0.1, 0.15) is 17.4 Å². The van der Waals surface area contributed by atoms with Crippen LogP contribution in [-0.4, -0.2) is 34.5 Å². The fourth-order valence-electron chi connectivity index (χ4n) is 1.79. The molecule has 1 atom stereocenters. The van der Waals surface area contributed by atoms with Crippen molar-refractivity contribution in [2.75, 3.05) is 18.5 Å². The predicted octanol–water partition coefficient (Wildman–Crippen LogP) is 1.66. The van der Waals surface area contributed by atoms with E-state index in [1.54, 1.807) is 0 Å². The fraction of sp³-hybridized carbons (Fsp3) is 0.231. The van der Waals surface area contributed by atoms with Gasteiger partial charge in [-0.15, -0.1) is 0 Å². The largest absolute Gasteiger partial charge is 0.394 e. The molecule has 0 bridgehead atoms. The number of halogens is 2. The first kappa shape index (κ1) is 14.5. The average molecular weight is 296 g/mol. The van der Waals surface area contributed by atoms with E-state index in [0.717, 1.165) is 0 Å². The third kappa shape index (κ3) is 2.65. The van der Waals surface area contributed by atoms with Crippen LogP contribution in [0.3, 0.4) is 0 Å². The highest BCUT2D eigenvalue weighted by atomic mass is 35.5. The van der Waals surface area contributed by atoms with Crippen molar-refractivity contribution in [1.29, 1.82) is 5.26 Å². The molecule has 0 spiro atoms. The standard InChI is InChI=1S/C13H11ClFN3O2/c14-9-1-2-10(15)13-11(9)12(7(3-16)4-17-13)18-5-8(20)6-19/h1-2,4,8,19-20H,5-6H2,(H,17,18)/t8-/m0/s1. The van der Waals surface area contributed by atoms with E-state index in [1.807, 2.05) is 6.07 Å². The number of hydrogen-bond donors (Lipinski definition) is 3. The Kier molecular flexibility index (Phi) is 4.35. The van der Waals surface area contributed by atoms with Gasteiger partial charge in [-0.25, -0.2) is 4.39 Å². The first-order valence-corrected chi connectivity index (χ1v) is 6.16. The van der Waals surface area contributed by atoms with Gasteiger partial charge in [0.25, 0.3) is 0 Å². The zero-order valence-electron chi connectivity index (χ0n) is 10.3. The number of aliphatic hydroxyl groups is 2. The van der Waals surface area contributed by atoms with Gasteiger partial charge in [0, 0.05) is 18.1 Å². The van der Waals surface area contributed by atoms with Crippen LogP contribution in [0, 0.1) is 17.1 Å². The molecule has 0 saturated heterocycles. The van der Waals surface area contributed by atoms with Crippen LogP contribution in [-0.2, 0) is 0 Å². The Morgan fingerprint density at radius 1 is 1.50 bits per heavy atom. The van der Waals surface area contributed by atoms with Gasteiger partial charge in [0.2, 0.25) is 0 Å². The molecule has 0 saturated carbocycles. The number of rotatable bonds is 4. The van der Waals surface area contributed by atoms with E-state index in [0.29, 0.717) is 0 Å². The summed E-state index contributed by atoms with van der Waals surface area (Å²) in [6.45, 7) is -0.433. The number of anilines is 1. The second kappa shape index (κ2) is 6.01.